The minimum Gasteiger partial charge on any atom is -0.383 e. The average Bonchev–Trinajstić information content (AvgIpc) is 2.56. The summed E-state index contributed by atoms with van der Waals surface area (Å²) in [6.45, 7) is 0.589. The monoisotopic (exact) mass is 205 g/mol. The fourth-order valence-corrected chi connectivity index (χ4v) is 1.67. The molecule has 1 aromatic heterocycles. The lowest BCUT2D eigenvalue weighted by Crippen LogP contribution is -2.27. The number of methoxy groups -OCH3 is 1. The maximum Gasteiger partial charge on any atom is 0.257 e. The molecule has 0 aliphatic carbocycles. The van der Waals surface area contributed by atoms with E-state index in [2.05, 4.69) is 14.9 Å². The minimum atomic E-state index is -3.44. The molecule has 6 nitrogen and oxygen atoms in total. The zero-order valence-corrected chi connectivity index (χ0v) is 7.97. The van der Waals surface area contributed by atoms with Crippen LogP contribution in [0.4, 0.5) is 0 Å². The number of aromatic amines is 1. The van der Waals surface area contributed by atoms with Gasteiger partial charge < -0.3 is 4.74 Å². The lowest BCUT2D eigenvalue weighted by Gasteiger charge is -2.02. The number of nitrogens with one attached hydrogen (secondary N) is 2. The van der Waals surface area contributed by atoms with Crippen molar-refractivity contribution in [2.75, 3.05) is 20.3 Å². The van der Waals surface area contributed by atoms with Crippen LogP contribution in [-0.2, 0) is 14.8 Å². The molecular weight excluding hydrogens is 194 g/mol. The Labute approximate surface area is 76.3 Å². The van der Waals surface area contributed by atoms with Crippen LogP contribution in [0.2, 0.25) is 0 Å². The summed E-state index contributed by atoms with van der Waals surface area (Å²) in [5, 5.41) is 5.96. The predicted octanol–water partition coefficient (Wildman–Crippen LogP) is -0.666. The fraction of sp³-hybridized carbons (Fsp3) is 0.500. The van der Waals surface area contributed by atoms with Crippen LogP contribution >= 0.6 is 0 Å². The zero-order valence-electron chi connectivity index (χ0n) is 7.15. The Morgan fingerprint density at radius 2 is 2.46 bits per heavy atom. The highest BCUT2D eigenvalue weighted by molar-refractivity contribution is 7.89. The normalized spacial score (nSPS) is 11.8. The quantitative estimate of drug-likeness (QED) is 0.625. The van der Waals surface area contributed by atoms with Gasteiger partial charge in [-0.2, -0.15) is 5.10 Å². The Bertz CT molecular complexity index is 332. The second kappa shape index (κ2) is 4.35. The van der Waals surface area contributed by atoms with Crippen molar-refractivity contribution >= 4 is 10.0 Å². The molecule has 0 aliphatic rings. The first-order valence-corrected chi connectivity index (χ1v) is 5.13. The Balaban J connectivity index is 2.58. The number of aromatic nitrogens is 2. The maximum absolute atomic E-state index is 11.3. The van der Waals surface area contributed by atoms with E-state index in [9.17, 15) is 8.42 Å². The van der Waals surface area contributed by atoms with Crippen LogP contribution in [0.25, 0.3) is 0 Å². The van der Waals surface area contributed by atoms with Gasteiger partial charge in [0.1, 0.15) is 0 Å². The van der Waals surface area contributed by atoms with Gasteiger partial charge >= 0.3 is 0 Å². The summed E-state index contributed by atoms with van der Waals surface area (Å²) in [7, 11) is -1.93. The van der Waals surface area contributed by atoms with Gasteiger partial charge in [-0.3, -0.25) is 5.10 Å². The molecular formula is C6H11N3O3S. The Kier molecular flexibility index (Phi) is 3.40. The summed E-state index contributed by atoms with van der Waals surface area (Å²) in [6.07, 6.45) is 1.38. The first-order chi connectivity index (χ1) is 6.17. The summed E-state index contributed by atoms with van der Waals surface area (Å²) >= 11 is 0. The molecule has 0 saturated heterocycles. The SMILES string of the molecule is COCCNS(=O)(=O)c1ccn[nH]1. The lowest BCUT2D eigenvalue weighted by atomic mass is 10.7. The van der Waals surface area contributed by atoms with Gasteiger partial charge in [0.05, 0.1) is 12.8 Å². The van der Waals surface area contributed by atoms with Crippen LogP contribution in [0.5, 0.6) is 0 Å². The summed E-state index contributed by atoms with van der Waals surface area (Å²) in [6, 6.07) is 1.38. The average molecular weight is 205 g/mol. The highest BCUT2D eigenvalue weighted by Gasteiger charge is 2.13. The van der Waals surface area contributed by atoms with E-state index in [4.69, 9.17) is 4.74 Å². The molecule has 1 aromatic rings. The van der Waals surface area contributed by atoms with Gasteiger partial charge in [0.2, 0.25) is 0 Å². The molecule has 1 heterocycles. The van der Waals surface area contributed by atoms with Crippen molar-refractivity contribution < 1.29 is 13.2 Å². The number of hydrogen-bond acceptors (Lipinski definition) is 4. The molecule has 0 bridgehead atoms. The zero-order chi connectivity index (χ0) is 9.73. The van der Waals surface area contributed by atoms with Gasteiger partial charge in [-0.1, -0.05) is 0 Å². The van der Waals surface area contributed by atoms with Crippen molar-refractivity contribution in [1.82, 2.24) is 14.9 Å². The largest absolute Gasteiger partial charge is 0.383 e. The minimum absolute atomic E-state index is 0.0589. The van der Waals surface area contributed by atoms with Gasteiger partial charge in [0.15, 0.2) is 5.03 Å². The molecule has 13 heavy (non-hydrogen) atoms. The Morgan fingerprint density at radius 1 is 1.69 bits per heavy atom. The molecule has 0 fully saturated rings. The number of hydrogen-bond donors (Lipinski definition) is 2. The molecule has 7 heteroatoms. The van der Waals surface area contributed by atoms with E-state index in [0.29, 0.717) is 6.61 Å². The van der Waals surface area contributed by atoms with Gasteiger partial charge in [0, 0.05) is 13.7 Å². The van der Waals surface area contributed by atoms with Gasteiger partial charge in [-0.15, -0.1) is 0 Å². The van der Waals surface area contributed by atoms with E-state index in [0.717, 1.165) is 0 Å². The second-order valence-electron chi connectivity index (χ2n) is 2.31. The highest BCUT2D eigenvalue weighted by atomic mass is 32.2. The standard InChI is InChI=1S/C6H11N3O3S/c1-12-5-4-8-13(10,11)6-2-3-7-9-6/h2-3,8H,4-5H2,1H3,(H,7,9). The number of nitrogens with zero attached hydrogens (tertiary/aromatic N) is 1. The van der Waals surface area contributed by atoms with E-state index in [1.165, 1.54) is 19.4 Å². The van der Waals surface area contributed by atoms with E-state index in [1.54, 1.807) is 0 Å². The third-order valence-electron chi connectivity index (χ3n) is 1.36. The molecule has 2 N–H and O–H groups in total. The fourth-order valence-electron chi connectivity index (χ4n) is 0.749. The van der Waals surface area contributed by atoms with Crippen LogP contribution in [-0.4, -0.2) is 38.9 Å². The smallest absolute Gasteiger partial charge is 0.257 e. The number of rotatable bonds is 5. The molecule has 0 radical (unpaired) electrons. The second-order valence-corrected chi connectivity index (χ2v) is 4.05. The van der Waals surface area contributed by atoms with Crippen LogP contribution in [0.15, 0.2) is 17.3 Å². The molecule has 0 aliphatic heterocycles. The molecule has 0 atom stereocenters. The van der Waals surface area contributed by atoms with Crippen molar-refractivity contribution in [3.63, 3.8) is 0 Å². The molecule has 0 aromatic carbocycles. The molecule has 1 rings (SSSR count). The lowest BCUT2D eigenvalue weighted by molar-refractivity contribution is 0.204. The van der Waals surface area contributed by atoms with Gasteiger partial charge in [-0.05, 0) is 6.07 Å². The van der Waals surface area contributed by atoms with Crippen LogP contribution in [0, 0.1) is 0 Å². The first-order valence-electron chi connectivity index (χ1n) is 3.65. The molecule has 0 amide bonds. The van der Waals surface area contributed by atoms with E-state index >= 15 is 0 Å². The maximum atomic E-state index is 11.3. The third kappa shape index (κ3) is 2.79. The number of H-pyrrole nitrogens is 1. The third-order valence-corrected chi connectivity index (χ3v) is 2.75. The summed E-state index contributed by atoms with van der Waals surface area (Å²) in [5.41, 5.74) is 0. The van der Waals surface area contributed by atoms with E-state index < -0.39 is 10.0 Å². The van der Waals surface area contributed by atoms with Gasteiger partial charge in [-0.25, -0.2) is 13.1 Å². The van der Waals surface area contributed by atoms with Crippen molar-refractivity contribution in [3.8, 4) is 0 Å². The topological polar surface area (TPSA) is 84.1 Å². The van der Waals surface area contributed by atoms with Crippen molar-refractivity contribution in [1.29, 1.82) is 0 Å². The van der Waals surface area contributed by atoms with Crippen molar-refractivity contribution in [2.45, 2.75) is 5.03 Å². The van der Waals surface area contributed by atoms with Gasteiger partial charge in [0.25, 0.3) is 10.0 Å². The number of ether oxygens (including phenoxy) is 1. The van der Waals surface area contributed by atoms with Crippen molar-refractivity contribution in [3.05, 3.63) is 12.3 Å². The first kappa shape index (κ1) is 10.2. The van der Waals surface area contributed by atoms with Crippen LogP contribution < -0.4 is 4.72 Å². The predicted molar refractivity (Wildman–Crippen MR) is 45.7 cm³/mol. The molecule has 0 saturated carbocycles. The Hall–Kier alpha value is -0.920. The van der Waals surface area contributed by atoms with Crippen molar-refractivity contribution in [2.24, 2.45) is 0 Å². The molecule has 0 unspecified atom stereocenters. The number of sulfonamides is 1. The summed E-state index contributed by atoms with van der Waals surface area (Å²) in [5.74, 6) is 0. The van der Waals surface area contributed by atoms with E-state index in [1.807, 2.05) is 0 Å². The van der Waals surface area contributed by atoms with E-state index in [-0.39, 0.29) is 11.6 Å². The Morgan fingerprint density at radius 3 is 3.00 bits per heavy atom. The summed E-state index contributed by atoms with van der Waals surface area (Å²) in [4.78, 5) is 0. The highest BCUT2D eigenvalue weighted by Crippen LogP contribution is 2.00. The summed E-state index contributed by atoms with van der Waals surface area (Å²) < 4.78 is 29.7. The molecule has 74 valence electrons. The van der Waals surface area contributed by atoms with Crippen LogP contribution in [0.1, 0.15) is 0 Å². The molecule has 0 spiro atoms. The van der Waals surface area contributed by atoms with Crippen LogP contribution in [0.3, 0.4) is 0 Å².